The number of benzene rings is 1. The van der Waals surface area contributed by atoms with Crippen LogP contribution in [0, 0.1) is 0 Å². The lowest BCUT2D eigenvalue weighted by atomic mass is 10.0. The minimum atomic E-state index is 0.485. The van der Waals surface area contributed by atoms with Gasteiger partial charge in [0.05, 0.1) is 7.11 Å². The molecule has 0 N–H and O–H groups in total. The Hall–Kier alpha value is -1.84. The molecule has 0 saturated heterocycles. The van der Waals surface area contributed by atoms with Gasteiger partial charge in [-0.1, -0.05) is 19.9 Å². The Morgan fingerprint density at radius 2 is 2.12 bits per heavy atom. The van der Waals surface area contributed by atoms with Gasteiger partial charge >= 0.3 is 0 Å². The Balaban J connectivity index is 2.47. The summed E-state index contributed by atoms with van der Waals surface area (Å²) in [5.41, 5.74) is 2.16. The standard InChI is InChI=1S/C12H15N3O/c1-9(2)10-4-5-11(12(6-10)16-3)15-8-13-7-14-15/h4-9H,1-3H3. The second-order valence-corrected chi connectivity index (χ2v) is 3.93. The van der Waals surface area contributed by atoms with Crippen LogP contribution in [0.25, 0.3) is 5.69 Å². The number of hydrogen-bond donors (Lipinski definition) is 0. The molecule has 0 spiro atoms. The minimum absolute atomic E-state index is 0.485. The topological polar surface area (TPSA) is 39.9 Å². The Kier molecular flexibility index (Phi) is 2.90. The normalized spacial score (nSPS) is 10.8. The lowest BCUT2D eigenvalue weighted by Crippen LogP contribution is -2.00. The fraction of sp³-hybridized carbons (Fsp3) is 0.333. The zero-order valence-electron chi connectivity index (χ0n) is 9.71. The largest absolute Gasteiger partial charge is 0.494 e. The quantitative estimate of drug-likeness (QED) is 0.792. The summed E-state index contributed by atoms with van der Waals surface area (Å²) in [5.74, 6) is 1.30. The molecule has 2 rings (SSSR count). The Morgan fingerprint density at radius 3 is 2.69 bits per heavy atom. The highest BCUT2D eigenvalue weighted by Crippen LogP contribution is 2.26. The summed E-state index contributed by atoms with van der Waals surface area (Å²) in [4.78, 5) is 3.93. The molecule has 2 aromatic rings. The van der Waals surface area contributed by atoms with Gasteiger partial charge in [0.2, 0.25) is 0 Å². The second-order valence-electron chi connectivity index (χ2n) is 3.93. The number of ether oxygens (including phenoxy) is 1. The van der Waals surface area contributed by atoms with Crippen molar-refractivity contribution in [2.24, 2.45) is 0 Å². The van der Waals surface area contributed by atoms with Gasteiger partial charge in [-0.15, -0.1) is 0 Å². The van der Waals surface area contributed by atoms with Crippen LogP contribution in [0.2, 0.25) is 0 Å². The predicted molar refractivity (Wildman–Crippen MR) is 62.0 cm³/mol. The van der Waals surface area contributed by atoms with Crippen LogP contribution in [0.5, 0.6) is 5.75 Å². The third-order valence-corrected chi connectivity index (χ3v) is 2.54. The number of aromatic nitrogens is 3. The molecule has 0 amide bonds. The molecule has 0 aliphatic carbocycles. The highest BCUT2D eigenvalue weighted by Gasteiger charge is 2.08. The molecule has 0 bridgehead atoms. The van der Waals surface area contributed by atoms with Crippen LogP contribution in [0.15, 0.2) is 30.9 Å². The van der Waals surface area contributed by atoms with Crippen molar-refractivity contribution >= 4 is 0 Å². The van der Waals surface area contributed by atoms with E-state index >= 15 is 0 Å². The lowest BCUT2D eigenvalue weighted by Gasteiger charge is -2.12. The van der Waals surface area contributed by atoms with Crippen molar-refractivity contribution in [2.75, 3.05) is 7.11 Å². The average Bonchev–Trinajstić information content (AvgIpc) is 2.81. The van der Waals surface area contributed by atoms with Gasteiger partial charge in [-0.2, -0.15) is 5.10 Å². The molecule has 0 atom stereocenters. The van der Waals surface area contributed by atoms with E-state index in [9.17, 15) is 0 Å². The third-order valence-electron chi connectivity index (χ3n) is 2.54. The summed E-state index contributed by atoms with van der Waals surface area (Å²) in [5, 5.41) is 4.10. The predicted octanol–water partition coefficient (Wildman–Crippen LogP) is 2.40. The molecule has 84 valence electrons. The monoisotopic (exact) mass is 217 g/mol. The van der Waals surface area contributed by atoms with E-state index in [1.165, 1.54) is 11.9 Å². The Bertz CT molecular complexity index is 463. The molecule has 0 fully saturated rings. The van der Waals surface area contributed by atoms with Crippen LogP contribution in [0.3, 0.4) is 0 Å². The highest BCUT2D eigenvalue weighted by molar-refractivity contribution is 5.48. The first-order valence-corrected chi connectivity index (χ1v) is 5.25. The van der Waals surface area contributed by atoms with E-state index in [0.29, 0.717) is 5.92 Å². The summed E-state index contributed by atoms with van der Waals surface area (Å²) < 4.78 is 7.07. The summed E-state index contributed by atoms with van der Waals surface area (Å²) in [7, 11) is 1.67. The van der Waals surface area contributed by atoms with E-state index < -0.39 is 0 Å². The fourth-order valence-electron chi connectivity index (χ4n) is 1.58. The molecule has 0 aliphatic heterocycles. The van der Waals surface area contributed by atoms with Gasteiger partial charge in [-0.3, -0.25) is 0 Å². The van der Waals surface area contributed by atoms with Crippen molar-refractivity contribution in [3.8, 4) is 11.4 Å². The zero-order valence-corrected chi connectivity index (χ0v) is 9.71. The van der Waals surface area contributed by atoms with E-state index in [-0.39, 0.29) is 0 Å². The lowest BCUT2D eigenvalue weighted by molar-refractivity contribution is 0.411. The zero-order chi connectivity index (χ0) is 11.5. The van der Waals surface area contributed by atoms with Crippen molar-refractivity contribution in [3.05, 3.63) is 36.4 Å². The number of hydrogen-bond acceptors (Lipinski definition) is 3. The van der Waals surface area contributed by atoms with Gasteiger partial charge < -0.3 is 4.74 Å². The van der Waals surface area contributed by atoms with Crippen molar-refractivity contribution in [1.29, 1.82) is 0 Å². The average molecular weight is 217 g/mol. The summed E-state index contributed by atoms with van der Waals surface area (Å²) in [6.45, 7) is 4.31. The van der Waals surface area contributed by atoms with Crippen LogP contribution >= 0.6 is 0 Å². The maximum absolute atomic E-state index is 5.37. The van der Waals surface area contributed by atoms with E-state index in [1.54, 1.807) is 18.1 Å². The number of rotatable bonds is 3. The van der Waals surface area contributed by atoms with Crippen molar-refractivity contribution in [1.82, 2.24) is 14.8 Å². The van der Waals surface area contributed by atoms with Gasteiger partial charge in [0.1, 0.15) is 24.1 Å². The van der Waals surface area contributed by atoms with Gasteiger partial charge in [0.25, 0.3) is 0 Å². The molecule has 4 nitrogen and oxygen atoms in total. The molecular formula is C12H15N3O. The van der Waals surface area contributed by atoms with Crippen LogP contribution in [0.4, 0.5) is 0 Å². The van der Waals surface area contributed by atoms with Gasteiger partial charge in [-0.25, -0.2) is 9.67 Å². The Labute approximate surface area is 94.9 Å². The molecule has 0 saturated carbocycles. The first-order valence-electron chi connectivity index (χ1n) is 5.25. The second kappa shape index (κ2) is 4.35. The molecule has 0 radical (unpaired) electrons. The molecular weight excluding hydrogens is 202 g/mol. The van der Waals surface area contributed by atoms with Crippen molar-refractivity contribution in [3.63, 3.8) is 0 Å². The van der Waals surface area contributed by atoms with E-state index in [0.717, 1.165) is 11.4 Å². The molecule has 1 aromatic heterocycles. The highest BCUT2D eigenvalue weighted by atomic mass is 16.5. The first-order chi connectivity index (χ1) is 7.72. The summed E-state index contributed by atoms with van der Waals surface area (Å²) in [6, 6.07) is 6.13. The smallest absolute Gasteiger partial charge is 0.144 e. The summed E-state index contributed by atoms with van der Waals surface area (Å²) in [6.07, 6.45) is 3.17. The van der Waals surface area contributed by atoms with Crippen molar-refractivity contribution < 1.29 is 4.74 Å². The van der Waals surface area contributed by atoms with E-state index in [1.807, 2.05) is 12.1 Å². The Morgan fingerprint density at radius 1 is 1.31 bits per heavy atom. The van der Waals surface area contributed by atoms with Gasteiger partial charge in [-0.05, 0) is 23.6 Å². The SMILES string of the molecule is COc1cc(C(C)C)ccc1-n1cncn1. The molecule has 1 aromatic carbocycles. The number of methoxy groups -OCH3 is 1. The van der Waals surface area contributed by atoms with Gasteiger partial charge in [0.15, 0.2) is 0 Å². The number of nitrogens with zero attached hydrogens (tertiary/aromatic N) is 3. The third kappa shape index (κ3) is 1.91. The van der Waals surface area contributed by atoms with Crippen LogP contribution in [0.1, 0.15) is 25.3 Å². The van der Waals surface area contributed by atoms with Crippen LogP contribution in [-0.4, -0.2) is 21.9 Å². The maximum Gasteiger partial charge on any atom is 0.144 e. The summed E-state index contributed by atoms with van der Waals surface area (Å²) >= 11 is 0. The molecule has 4 heteroatoms. The van der Waals surface area contributed by atoms with Crippen molar-refractivity contribution in [2.45, 2.75) is 19.8 Å². The van der Waals surface area contributed by atoms with E-state index in [4.69, 9.17) is 4.74 Å². The molecule has 0 unspecified atom stereocenters. The minimum Gasteiger partial charge on any atom is -0.494 e. The molecule has 1 heterocycles. The van der Waals surface area contributed by atoms with E-state index in [2.05, 4.69) is 30.0 Å². The molecule has 16 heavy (non-hydrogen) atoms. The first kappa shape index (κ1) is 10.7. The molecule has 0 aliphatic rings. The maximum atomic E-state index is 5.37. The fourth-order valence-corrected chi connectivity index (χ4v) is 1.58. The van der Waals surface area contributed by atoms with Gasteiger partial charge in [0, 0.05) is 0 Å². The van der Waals surface area contributed by atoms with Crippen LogP contribution in [-0.2, 0) is 0 Å². The van der Waals surface area contributed by atoms with Crippen LogP contribution < -0.4 is 4.74 Å².